The molecule has 0 saturated carbocycles. The molecule has 0 unspecified atom stereocenters. The quantitative estimate of drug-likeness (QED) is 0.600. The second-order valence-electron chi connectivity index (χ2n) is 4.49. The second kappa shape index (κ2) is 6.75. The van der Waals surface area contributed by atoms with Crippen LogP contribution in [0.1, 0.15) is 0 Å². The van der Waals surface area contributed by atoms with Crippen LogP contribution in [0.3, 0.4) is 0 Å². The van der Waals surface area contributed by atoms with E-state index in [0.717, 1.165) is 4.90 Å². The third-order valence-corrected chi connectivity index (χ3v) is 4.33. The molecule has 112 valence electrons. The van der Waals surface area contributed by atoms with Crippen LogP contribution in [-0.2, 0) is 4.74 Å². The molecular formula is C13H18O6S. The molecule has 2 rings (SSSR count). The van der Waals surface area contributed by atoms with Crippen molar-refractivity contribution in [2.45, 2.75) is 34.7 Å². The van der Waals surface area contributed by atoms with Gasteiger partial charge in [-0.1, -0.05) is 11.8 Å². The van der Waals surface area contributed by atoms with E-state index in [1.165, 1.54) is 11.8 Å². The summed E-state index contributed by atoms with van der Waals surface area (Å²) in [6.07, 6.45) is -4.80. The van der Waals surface area contributed by atoms with Gasteiger partial charge in [0.2, 0.25) is 0 Å². The molecule has 1 aromatic rings. The Hall–Kier alpha value is -0.830. The smallest absolute Gasteiger partial charge is 0.136 e. The monoisotopic (exact) mass is 302 g/mol. The predicted octanol–water partition coefficient (Wildman–Crippen LogP) is -0.413. The number of benzene rings is 1. The Morgan fingerprint density at radius 1 is 1.10 bits per heavy atom. The topological polar surface area (TPSA) is 99.4 Å². The third-order valence-electron chi connectivity index (χ3n) is 3.16. The van der Waals surface area contributed by atoms with Crippen molar-refractivity contribution in [1.82, 2.24) is 0 Å². The van der Waals surface area contributed by atoms with Crippen molar-refractivity contribution in [3.63, 3.8) is 0 Å². The first-order valence-electron chi connectivity index (χ1n) is 6.18. The summed E-state index contributed by atoms with van der Waals surface area (Å²) in [6.45, 7) is -0.426. The molecule has 1 aliphatic rings. The van der Waals surface area contributed by atoms with E-state index >= 15 is 0 Å². The van der Waals surface area contributed by atoms with E-state index in [2.05, 4.69) is 0 Å². The molecule has 6 nitrogen and oxygen atoms in total. The molecule has 0 bridgehead atoms. The molecule has 0 aromatic heterocycles. The fourth-order valence-corrected chi connectivity index (χ4v) is 3.01. The van der Waals surface area contributed by atoms with Crippen LogP contribution >= 0.6 is 11.8 Å². The summed E-state index contributed by atoms with van der Waals surface area (Å²) in [5, 5.41) is 38.4. The number of rotatable bonds is 4. The molecule has 0 aliphatic carbocycles. The van der Waals surface area contributed by atoms with E-state index < -0.39 is 36.5 Å². The lowest BCUT2D eigenvalue weighted by Gasteiger charge is -2.39. The van der Waals surface area contributed by atoms with E-state index in [1.807, 2.05) is 0 Å². The van der Waals surface area contributed by atoms with Crippen molar-refractivity contribution in [3.8, 4) is 5.75 Å². The summed E-state index contributed by atoms with van der Waals surface area (Å²) in [6, 6.07) is 7.13. The van der Waals surface area contributed by atoms with Crippen LogP contribution in [0.4, 0.5) is 0 Å². The molecule has 7 heteroatoms. The Kier molecular flexibility index (Phi) is 5.25. The fraction of sp³-hybridized carbons (Fsp3) is 0.538. The number of ether oxygens (including phenoxy) is 2. The van der Waals surface area contributed by atoms with E-state index in [9.17, 15) is 15.3 Å². The van der Waals surface area contributed by atoms with Crippen LogP contribution in [0.5, 0.6) is 5.75 Å². The SMILES string of the molecule is COc1ccc(S[C@H]2O[C@H](CO)[C@@H](O)[C@H](O)[C@@H]2O)cc1. The lowest BCUT2D eigenvalue weighted by atomic mass is 10.0. The normalized spacial score (nSPS) is 34.0. The van der Waals surface area contributed by atoms with Crippen molar-refractivity contribution < 1.29 is 29.9 Å². The van der Waals surface area contributed by atoms with Crippen LogP contribution in [0, 0.1) is 0 Å². The highest BCUT2D eigenvalue weighted by Gasteiger charge is 2.43. The summed E-state index contributed by atoms with van der Waals surface area (Å²) in [5.74, 6) is 0.711. The fourth-order valence-electron chi connectivity index (χ4n) is 1.95. The van der Waals surface area contributed by atoms with Crippen LogP contribution in [0.15, 0.2) is 29.2 Å². The van der Waals surface area contributed by atoms with Gasteiger partial charge in [0.05, 0.1) is 13.7 Å². The number of aliphatic hydroxyl groups excluding tert-OH is 4. The lowest BCUT2D eigenvalue weighted by molar-refractivity contribution is -0.205. The maximum Gasteiger partial charge on any atom is 0.136 e. The molecule has 1 aromatic carbocycles. The molecule has 5 atom stereocenters. The number of aliphatic hydroxyl groups is 4. The first kappa shape index (κ1) is 15.6. The first-order valence-corrected chi connectivity index (χ1v) is 7.06. The van der Waals surface area contributed by atoms with Crippen LogP contribution in [0.2, 0.25) is 0 Å². The van der Waals surface area contributed by atoms with Crippen molar-refractivity contribution in [2.75, 3.05) is 13.7 Å². The van der Waals surface area contributed by atoms with E-state index in [4.69, 9.17) is 14.6 Å². The second-order valence-corrected chi connectivity index (χ2v) is 5.66. The van der Waals surface area contributed by atoms with Crippen LogP contribution in [0.25, 0.3) is 0 Å². The number of hydrogen-bond acceptors (Lipinski definition) is 7. The lowest BCUT2D eigenvalue weighted by Crippen LogP contribution is -2.57. The Morgan fingerprint density at radius 2 is 1.75 bits per heavy atom. The zero-order valence-electron chi connectivity index (χ0n) is 10.9. The Bertz CT molecular complexity index is 423. The van der Waals surface area contributed by atoms with Gasteiger partial charge >= 0.3 is 0 Å². The molecule has 1 aliphatic heterocycles. The minimum Gasteiger partial charge on any atom is -0.497 e. The Labute approximate surface area is 121 Å². The van der Waals surface area contributed by atoms with Gasteiger partial charge in [-0.05, 0) is 24.3 Å². The largest absolute Gasteiger partial charge is 0.497 e. The average molecular weight is 302 g/mol. The van der Waals surface area contributed by atoms with Gasteiger partial charge in [-0.2, -0.15) is 0 Å². The van der Waals surface area contributed by atoms with Crippen LogP contribution < -0.4 is 4.74 Å². The Balaban J connectivity index is 2.06. The standard InChI is InChI=1S/C13H18O6S/c1-18-7-2-4-8(5-3-7)20-13-12(17)11(16)10(15)9(6-14)19-13/h2-5,9-17H,6H2,1H3/t9-,10-,11+,12+,13-/m1/s1. The third kappa shape index (κ3) is 3.25. The van der Waals surface area contributed by atoms with Crippen molar-refractivity contribution in [2.24, 2.45) is 0 Å². The maximum atomic E-state index is 9.92. The minimum atomic E-state index is -1.35. The highest BCUT2D eigenvalue weighted by atomic mass is 32.2. The molecule has 0 amide bonds. The molecule has 0 radical (unpaired) electrons. The molecule has 1 heterocycles. The van der Waals surface area contributed by atoms with E-state index in [0.29, 0.717) is 5.75 Å². The highest BCUT2D eigenvalue weighted by Crippen LogP contribution is 2.33. The van der Waals surface area contributed by atoms with Crippen molar-refractivity contribution in [1.29, 1.82) is 0 Å². The van der Waals surface area contributed by atoms with Gasteiger partial charge in [0, 0.05) is 4.90 Å². The van der Waals surface area contributed by atoms with E-state index in [-0.39, 0.29) is 0 Å². The zero-order chi connectivity index (χ0) is 14.7. The summed E-state index contributed by atoms with van der Waals surface area (Å²) in [4.78, 5) is 0.815. The van der Waals surface area contributed by atoms with Gasteiger partial charge in [0.1, 0.15) is 35.6 Å². The zero-order valence-corrected chi connectivity index (χ0v) is 11.7. The molecule has 0 spiro atoms. The molecular weight excluding hydrogens is 284 g/mol. The van der Waals surface area contributed by atoms with E-state index in [1.54, 1.807) is 31.4 Å². The number of hydrogen-bond donors (Lipinski definition) is 4. The maximum absolute atomic E-state index is 9.92. The molecule has 1 fully saturated rings. The predicted molar refractivity (Wildman–Crippen MR) is 72.6 cm³/mol. The van der Waals surface area contributed by atoms with Gasteiger partial charge in [-0.15, -0.1) is 0 Å². The summed E-state index contributed by atoms with van der Waals surface area (Å²) >= 11 is 1.21. The number of thioether (sulfide) groups is 1. The molecule has 20 heavy (non-hydrogen) atoms. The van der Waals surface area contributed by atoms with Gasteiger partial charge in [0.15, 0.2) is 0 Å². The average Bonchev–Trinajstić information content (AvgIpc) is 2.48. The minimum absolute atomic E-state index is 0.426. The summed E-state index contributed by atoms with van der Waals surface area (Å²) in [7, 11) is 1.57. The van der Waals surface area contributed by atoms with Gasteiger partial charge in [0.25, 0.3) is 0 Å². The van der Waals surface area contributed by atoms with Crippen molar-refractivity contribution in [3.05, 3.63) is 24.3 Å². The van der Waals surface area contributed by atoms with Crippen molar-refractivity contribution >= 4 is 11.8 Å². The summed E-state index contributed by atoms with van der Waals surface area (Å²) in [5.41, 5.74) is -0.765. The molecule has 4 N–H and O–H groups in total. The first-order chi connectivity index (χ1) is 9.56. The van der Waals surface area contributed by atoms with Gasteiger partial charge < -0.3 is 29.9 Å². The Morgan fingerprint density at radius 3 is 2.30 bits per heavy atom. The van der Waals surface area contributed by atoms with Gasteiger partial charge in [-0.3, -0.25) is 0 Å². The summed E-state index contributed by atoms with van der Waals surface area (Å²) < 4.78 is 10.5. The number of methoxy groups -OCH3 is 1. The van der Waals surface area contributed by atoms with Crippen LogP contribution in [-0.4, -0.2) is 64.0 Å². The molecule has 1 saturated heterocycles. The van der Waals surface area contributed by atoms with Gasteiger partial charge in [-0.25, -0.2) is 0 Å². The highest BCUT2D eigenvalue weighted by molar-refractivity contribution is 7.99.